The maximum atomic E-state index is 13.0. The van der Waals surface area contributed by atoms with Gasteiger partial charge in [-0.15, -0.1) is 0 Å². The van der Waals surface area contributed by atoms with Gasteiger partial charge in [-0.2, -0.15) is 0 Å². The fraction of sp³-hybridized carbons (Fsp3) is 0.407. The molecule has 3 rings (SSSR count). The van der Waals surface area contributed by atoms with Crippen molar-refractivity contribution in [3.05, 3.63) is 81.4 Å². The van der Waals surface area contributed by atoms with E-state index in [2.05, 4.69) is 25.6 Å². The second kappa shape index (κ2) is 15.5. The van der Waals surface area contributed by atoms with Crippen molar-refractivity contribution < 1.29 is 23.8 Å². The molecule has 0 aromatic heterocycles. The first-order valence-corrected chi connectivity index (χ1v) is 12.4. The Morgan fingerprint density at radius 3 is 2.42 bits per heavy atom. The van der Waals surface area contributed by atoms with Gasteiger partial charge in [0.05, 0.1) is 13.2 Å². The minimum atomic E-state index is -0.423. The van der Waals surface area contributed by atoms with Crippen LogP contribution in [0.2, 0.25) is 0 Å². The fourth-order valence-corrected chi connectivity index (χ4v) is 3.89. The van der Waals surface area contributed by atoms with Crippen molar-refractivity contribution in [2.45, 2.75) is 25.7 Å². The highest BCUT2D eigenvalue weighted by Crippen LogP contribution is 2.16. The van der Waals surface area contributed by atoms with Gasteiger partial charge in [0.15, 0.2) is 6.29 Å². The predicted molar refractivity (Wildman–Crippen MR) is 143 cm³/mol. The van der Waals surface area contributed by atoms with Crippen LogP contribution in [0.3, 0.4) is 0 Å². The lowest BCUT2D eigenvalue weighted by atomic mass is 10.1. The van der Waals surface area contributed by atoms with Gasteiger partial charge in [-0.3, -0.25) is 14.5 Å². The Morgan fingerprint density at radius 1 is 1.11 bits per heavy atom. The molecule has 1 saturated heterocycles. The Bertz CT molecular complexity index is 1120. The molecule has 0 bridgehead atoms. The van der Waals surface area contributed by atoms with Crippen molar-refractivity contribution in [3.63, 3.8) is 0 Å². The van der Waals surface area contributed by atoms with E-state index in [0.717, 1.165) is 38.4 Å². The van der Waals surface area contributed by atoms with Gasteiger partial charge in [0, 0.05) is 63.0 Å². The number of benzene rings is 2. The molecule has 11 heteroatoms. The molecule has 1 heterocycles. The molecule has 0 atom stereocenters. The number of methoxy groups -OCH3 is 2. The Hall–Kier alpha value is -3.73. The number of nitrogens with zero attached hydrogens (tertiary/aromatic N) is 4. The third-order valence-corrected chi connectivity index (χ3v) is 6.01. The summed E-state index contributed by atoms with van der Waals surface area (Å²) in [6.07, 6.45) is 2.47. The summed E-state index contributed by atoms with van der Waals surface area (Å²) < 4.78 is 15.7. The number of nitrogens with one attached hydrogen (secondary N) is 2. The van der Waals surface area contributed by atoms with Crippen molar-refractivity contribution in [1.29, 1.82) is 0 Å². The molecule has 2 aromatic rings. The normalized spacial score (nSPS) is 14.1. The number of carbonyl (C=O) groups excluding carboxylic acids is 2. The number of hydrogen-bond acceptors (Lipinski definition) is 7. The average molecular weight is 523 g/mol. The lowest BCUT2D eigenvalue weighted by Crippen LogP contribution is -2.36. The van der Waals surface area contributed by atoms with Crippen LogP contribution < -0.4 is 10.6 Å². The van der Waals surface area contributed by atoms with Crippen LogP contribution in [0.4, 0.5) is 5.69 Å². The maximum Gasteiger partial charge on any atom is 0.267 e. The van der Waals surface area contributed by atoms with E-state index < -0.39 is 11.8 Å². The van der Waals surface area contributed by atoms with Gasteiger partial charge in [-0.05, 0) is 41.3 Å². The highest BCUT2D eigenvalue weighted by molar-refractivity contribution is 6.05. The monoisotopic (exact) mass is 522 g/mol. The van der Waals surface area contributed by atoms with Crippen molar-refractivity contribution in [1.82, 2.24) is 15.5 Å². The summed E-state index contributed by atoms with van der Waals surface area (Å²) in [5.74, 6) is -0.818. The van der Waals surface area contributed by atoms with Crippen molar-refractivity contribution in [2.75, 3.05) is 47.1 Å². The van der Waals surface area contributed by atoms with Crippen LogP contribution in [-0.2, 0) is 25.5 Å². The van der Waals surface area contributed by atoms with E-state index in [1.54, 1.807) is 56.7 Å². The molecule has 11 nitrogen and oxygen atoms in total. The molecule has 0 unspecified atom stereocenters. The zero-order chi connectivity index (χ0) is 27.2. The molecule has 38 heavy (non-hydrogen) atoms. The average Bonchev–Trinajstić information content (AvgIpc) is 2.94. The molecule has 1 aliphatic heterocycles. The van der Waals surface area contributed by atoms with E-state index in [0.29, 0.717) is 36.2 Å². The van der Waals surface area contributed by atoms with Crippen LogP contribution >= 0.6 is 0 Å². The van der Waals surface area contributed by atoms with Crippen molar-refractivity contribution >= 4 is 23.6 Å². The molecule has 0 radical (unpaired) electrons. The molecule has 0 spiro atoms. The summed E-state index contributed by atoms with van der Waals surface area (Å²) in [7, 11) is 3.12. The van der Waals surface area contributed by atoms with Gasteiger partial charge in [-0.25, -0.2) is 0 Å². The van der Waals surface area contributed by atoms with Crippen LogP contribution in [0.25, 0.3) is 16.5 Å². The first-order valence-electron chi connectivity index (χ1n) is 12.4. The minimum Gasteiger partial charge on any atom is -0.379 e. The summed E-state index contributed by atoms with van der Waals surface area (Å²) in [5.41, 5.74) is 11.3. The van der Waals surface area contributed by atoms with E-state index in [4.69, 9.17) is 19.7 Å². The zero-order valence-corrected chi connectivity index (χ0v) is 21.8. The lowest BCUT2D eigenvalue weighted by molar-refractivity contribution is -0.118. The molecule has 0 aliphatic carbocycles. The van der Waals surface area contributed by atoms with Gasteiger partial charge in [0.2, 0.25) is 0 Å². The third kappa shape index (κ3) is 9.29. The summed E-state index contributed by atoms with van der Waals surface area (Å²) in [5, 5.41) is 9.13. The highest BCUT2D eigenvalue weighted by Gasteiger charge is 2.16. The van der Waals surface area contributed by atoms with Crippen LogP contribution in [0.1, 0.15) is 34.3 Å². The number of ether oxygens (including phenoxy) is 3. The number of morpholine rings is 1. The van der Waals surface area contributed by atoms with Gasteiger partial charge >= 0.3 is 0 Å². The SMILES string of the molecule is COC(CCCNC(=O)/C(=C\c1ccc(N=[N+]=[N-])cc1)NC(=O)c1ccc(CN2CCOCC2)cc1)OC. The van der Waals surface area contributed by atoms with Crippen molar-refractivity contribution in [3.8, 4) is 0 Å². The Morgan fingerprint density at radius 2 is 1.79 bits per heavy atom. The molecule has 1 fully saturated rings. The van der Waals surface area contributed by atoms with E-state index in [-0.39, 0.29) is 12.0 Å². The summed E-state index contributed by atoms with van der Waals surface area (Å²) in [6.45, 7) is 4.38. The smallest absolute Gasteiger partial charge is 0.267 e. The van der Waals surface area contributed by atoms with Gasteiger partial charge in [0.25, 0.3) is 11.8 Å². The summed E-state index contributed by atoms with van der Waals surface area (Å²) >= 11 is 0. The minimum absolute atomic E-state index is 0.0963. The lowest BCUT2D eigenvalue weighted by Gasteiger charge is -2.26. The van der Waals surface area contributed by atoms with E-state index in [1.807, 2.05) is 12.1 Å². The number of azide groups is 1. The van der Waals surface area contributed by atoms with E-state index in [1.165, 1.54) is 0 Å². The van der Waals surface area contributed by atoms with Crippen LogP contribution in [0.15, 0.2) is 59.3 Å². The third-order valence-electron chi connectivity index (χ3n) is 6.01. The van der Waals surface area contributed by atoms with Crippen LogP contribution in [0, 0.1) is 0 Å². The number of amides is 2. The predicted octanol–water partition coefficient (Wildman–Crippen LogP) is 3.75. The molecule has 202 valence electrons. The summed E-state index contributed by atoms with van der Waals surface area (Å²) in [6, 6.07) is 14.0. The quantitative estimate of drug-likeness (QED) is 0.103. The Kier molecular flexibility index (Phi) is 11.8. The maximum absolute atomic E-state index is 13.0. The zero-order valence-electron chi connectivity index (χ0n) is 21.8. The van der Waals surface area contributed by atoms with Gasteiger partial charge in [0.1, 0.15) is 5.70 Å². The first-order chi connectivity index (χ1) is 18.5. The standard InChI is InChI=1S/C27H34N6O5/c1-36-25(37-2)4-3-13-29-27(35)24(18-20-7-11-23(12-8-20)31-32-28)30-26(34)22-9-5-21(6-10-22)19-33-14-16-38-17-15-33/h5-12,18,25H,3-4,13-17,19H2,1-2H3,(H,29,35)(H,30,34)/b24-18+. The summed E-state index contributed by atoms with van der Waals surface area (Å²) in [4.78, 5) is 31.1. The molecule has 2 amide bonds. The van der Waals surface area contributed by atoms with Crippen LogP contribution in [-0.4, -0.2) is 70.1 Å². The molecule has 0 saturated carbocycles. The fourth-order valence-electron chi connectivity index (χ4n) is 3.89. The number of hydrogen-bond donors (Lipinski definition) is 2. The molecule has 1 aliphatic rings. The topological polar surface area (TPSA) is 138 Å². The van der Waals surface area contributed by atoms with Crippen LogP contribution in [0.5, 0.6) is 0 Å². The molecule has 2 N–H and O–H groups in total. The van der Waals surface area contributed by atoms with Gasteiger partial charge in [-0.1, -0.05) is 41.5 Å². The molecular formula is C27H34N6O5. The second-order valence-electron chi connectivity index (χ2n) is 8.68. The van der Waals surface area contributed by atoms with Crippen molar-refractivity contribution in [2.24, 2.45) is 5.11 Å². The molecular weight excluding hydrogens is 488 g/mol. The van der Waals surface area contributed by atoms with E-state index in [9.17, 15) is 9.59 Å². The van der Waals surface area contributed by atoms with Gasteiger partial charge < -0.3 is 24.8 Å². The number of carbonyl (C=O) groups is 2. The second-order valence-corrected chi connectivity index (χ2v) is 8.68. The van der Waals surface area contributed by atoms with E-state index >= 15 is 0 Å². The molecule has 2 aromatic carbocycles. The highest BCUT2D eigenvalue weighted by atomic mass is 16.7. The Balaban J connectivity index is 1.68. The first kappa shape index (κ1) is 28.8. The number of rotatable bonds is 13. The Labute approximate surface area is 222 Å². The largest absolute Gasteiger partial charge is 0.379 e.